The number of carbonyl (C=O) groups is 2. The molecule has 1 atom stereocenters. The number of hydrogen-bond donors (Lipinski definition) is 1. The van der Waals surface area contributed by atoms with Gasteiger partial charge in [-0.3, -0.25) is 9.59 Å². The summed E-state index contributed by atoms with van der Waals surface area (Å²) in [5.74, 6) is -1.41. The van der Waals surface area contributed by atoms with E-state index in [-0.39, 0.29) is 5.91 Å². The van der Waals surface area contributed by atoms with E-state index < -0.39 is 11.9 Å². The average Bonchev–Trinajstić information content (AvgIpc) is 2.84. The molecule has 6 nitrogen and oxygen atoms in total. The lowest BCUT2D eigenvalue weighted by Crippen LogP contribution is -2.36. The maximum Gasteiger partial charge on any atom is 0.315 e. The Balaban J connectivity index is 2.42. The Bertz CT molecular complexity index is 456. The quantitative estimate of drug-likeness (QED) is 0.731. The van der Waals surface area contributed by atoms with Crippen molar-refractivity contribution in [1.29, 1.82) is 0 Å². The molecule has 1 N–H and O–H groups in total. The van der Waals surface area contributed by atoms with Gasteiger partial charge in [0.1, 0.15) is 11.7 Å². The second-order valence-corrected chi connectivity index (χ2v) is 4.96. The third-order valence-electron chi connectivity index (χ3n) is 3.28. The first-order valence-corrected chi connectivity index (χ1v) is 6.95. The number of imidazole rings is 1. The summed E-state index contributed by atoms with van der Waals surface area (Å²) in [6.45, 7) is 5.01. The van der Waals surface area contributed by atoms with Crippen molar-refractivity contribution in [2.24, 2.45) is 5.92 Å². The zero-order valence-electron chi connectivity index (χ0n) is 12.4. The summed E-state index contributed by atoms with van der Waals surface area (Å²) in [6, 6.07) is 0. The molecular weight excluding hydrogens is 258 g/mol. The van der Waals surface area contributed by atoms with Crippen LogP contribution in [0.2, 0.25) is 0 Å². The van der Waals surface area contributed by atoms with Gasteiger partial charge in [0.2, 0.25) is 5.91 Å². The Labute approximate surface area is 119 Å². The third-order valence-corrected chi connectivity index (χ3v) is 3.28. The summed E-state index contributed by atoms with van der Waals surface area (Å²) in [5.41, 5.74) is 0. The molecule has 0 aliphatic carbocycles. The van der Waals surface area contributed by atoms with Crippen LogP contribution in [0.5, 0.6) is 0 Å². The van der Waals surface area contributed by atoms with E-state index in [1.54, 1.807) is 13.2 Å². The van der Waals surface area contributed by atoms with Crippen LogP contribution in [0.4, 0.5) is 0 Å². The molecule has 0 saturated heterocycles. The molecule has 0 fully saturated rings. The summed E-state index contributed by atoms with van der Waals surface area (Å²) in [6.07, 6.45) is 6.35. The molecule has 0 radical (unpaired) electrons. The van der Waals surface area contributed by atoms with Gasteiger partial charge in [-0.1, -0.05) is 6.92 Å². The fourth-order valence-electron chi connectivity index (χ4n) is 2.03. The molecule has 0 aliphatic rings. The summed E-state index contributed by atoms with van der Waals surface area (Å²) >= 11 is 0. The van der Waals surface area contributed by atoms with E-state index in [0.717, 1.165) is 31.6 Å². The lowest BCUT2D eigenvalue weighted by molar-refractivity contribution is -0.149. The largest absolute Gasteiger partial charge is 0.481 e. The van der Waals surface area contributed by atoms with Gasteiger partial charge in [0.05, 0.1) is 0 Å². The number of carbonyl (C=O) groups excluding carboxylic acids is 1. The zero-order chi connectivity index (χ0) is 15.1. The van der Waals surface area contributed by atoms with E-state index in [0.29, 0.717) is 6.54 Å². The van der Waals surface area contributed by atoms with E-state index in [9.17, 15) is 9.59 Å². The molecule has 0 spiro atoms. The van der Waals surface area contributed by atoms with Gasteiger partial charge in [-0.2, -0.15) is 0 Å². The lowest BCUT2D eigenvalue weighted by Gasteiger charge is -2.19. The minimum atomic E-state index is -1.08. The maximum atomic E-state index is 11.8. The van der Waals surface area contributed by atoms with Crippen LogP contribution in [-0.2, 0) is 22.6 Å². The number of hydrogen-bond acceptors (Lipinski definition) is 3. The highest BCUT2D eigenvalue weighted by Crippen LogP contribution is 2.06. The molecule has 1 amide bonds. The van der Waals surface area contributed by atoms with Crippen LogP contribution < -0.4 is 0 Å². The van der Waals surface area contributed by atoms with Crippen LogP contribution in [0.25, 0.3) is 0 Å². The SMILES string of the molecule is CCCn1ccnc1CCCN(C)C(=O)C(C)C(=O)O. The average molecular weight is 281 g/mol. The lowest BCUT2D eigenvalue weighted by atomic mass is 10.1. The minimum absolute atomic E-state index is 0.352. The molecule has 1 heterocycles. The van der Waals surface area contributed by atoms with Gasteiger partial charge in [-0.05, 0) is 19.8 Å². The van der Waals surface area contributed by atoms with E-state index in [4.69, 9.17) is 5.11 Å². The fraction of sp³-hybridized carbons (Fsp3) is 0.643. The number of aromatic nitrogens is 2. The van der Waals surface area contributed by atoms with E-state index >= 15 is 0 Å². The van der Waals surface area contributed by atoms with Crippen LogP contribution in [0.1, 0.15) is 32.5 Å². The van der Waals surface area contributed by atoms with Crippen molar-refractivity contribution in [2.75, 3.05) is 13.6 Å². The number of aliphatic carboxylic acids is 1. The van der Waals surface area contributed by atoms with Gasteiger partial charge in [0, 0.05) is 39.0 Å². The molecule has 1 rings (SSSR count). The van der Waals surface area contributed by atoms with Gasteiger partial charge in [0.25, 0.3) is 0 Å². The van der Waals surface area contributed by atoms with Crippen molar-refractivity contribution in [3.8, 4) is 0 Å². The summed E-state index contributed by atoms with van der Waals surface area (Å²) < 4.78 is 2.11. The molecule has 6 heteroatoms. The van der Waals surface area contributed by atoms with Gasteiger partial charge in [-0.15, -0.1) is 0 Å². The van der Waals surface area contributed by atoms with Gasteiger partial charge < -0.3 is 14.6 Å². The van der Waals surface area contributed by atoms with Crippen molar-refractivity contribution in [1.82, 2.24) is 14.5 Å². The number of nitrogens with zero attached hydrogens (tertiary/aromatic N) is 3. The van der Waals surface area contributed by atoms with Crippen LogP contribution in [0.15, 0.2) is 12.4 Å². The Morgan fingerprint density at radius 3 is 2.80 bits per heavy atom. The van der Waals surface area contributed by atoms with Gasteiger partial charge in [0.15, 0.2) is 0 Å². The Hall–Kier alpha value is -1.85. The molecule has 0 aliphatic heterocycles. The first-order chi connectivity index (χ1) is 9.47. The molecule has 1 aromatic rings. The second-order valence-electron chi connectivity index (χ2n) is 4.96. The predicted molar refractivity (Wildman–Crippen MR) is 75.3 cm³/mol. The topological polar surface area (TPSA) is 75.4 Å². The number of carboxylic acid groups (broad SMARTS) is 1. The summed E-state index contributed by atoms with van der Waals surface area (Å²) in [4.78, 5) is 28.3. The number of amides is 1. The summed E-state index contributed by atoms with van der Waals surface area (Å²) in [7, 11) is 1.64. The van der Waals surface area contributed by atoms with Crippen molar-refractivity contribution < 1.29 is 14.7 Å². The third kappa shape index (κ3) is 4.36. The summed E-state index contributed by atoms with van der Waals surface area (Å²) in [5, 5.41) is 8.81. The second kappa shape index (κ2) is 7.67. The number of rotatable bonds is 8. The molecule has 0 bridgehead atoms. The molecular formula is C14H23N3O3. The van der Waals surface area contributed by atoms with E-state index in [2.05, 4.69) is 16.5 Å². The smallest absolute Gasteiger partial charge is 0.315 e. The van der Waals surface area contributed by atoms with Crippen molar-refractivity contribution in [3.63, 3.8) is 0 Å². The number of aryl methyl sites for hydroxylation is 2. The highest BCUT2D eigenvalue weighted by Gasteiger charge is 2.23. The van der Waals surface area contributed by atoms with Gasteiger partial charge in [-0.25, -0.2) is 4.98 Å². The maximum absolute atomic E-state index is 11.8. The highest BCUT2D eigenvalue weighted by molar-refractivity contribution is 5.96. The predicted octanol–water partition coefficient (Wildman–Crippen LogP) is 1.40. The fourth-order valence-corrected chi connectivity index (χ4v) is 2.03. The molecule has 112 valence electrons. The van der Waals surface area contributed by atoms with Crippen LogP contribution in [0.3, 0.4) is 0 Å². The molecule has 1 aromatic heterocycles. The van der Waals surface area contributed by atoms with Crippen LogP contribution in [-0.4, -0.2) is 45.0 Å². The van der Waals surface area contributed by atoms with E-state index in [1.807, 2.05) is 6.20 Å². The Kier molecular flexibility index (Phi) is 6.21. The van der Waals surface area contributed by atoms with Crippen LogP contribution in [0, 0.1) is 5.92 Å². The minimum Gasteiger partial charge on any atom is -0.481 e. The molecule has 0 saturated carbocycles. The van der Waals surface area contributed by atoms with Crippen molar-refractivity contribution >= 4 is 11.9 Å². The van der Waals surface area contributed by atoms with E-state index in [1.165, 1.54) is 11.8 Å². The zero-order valence-corrected chi connectivity index (χ0v) is 12.4. The highest BCUT2D eigenvalue weighted by atomic mass is 16.4. The standard InChI is InChI=1S/C14H23N3O3/c1-4-8-17-10-7-15-12(17)6-5-9-16(3)13(18)11(2)14(19)20/h7,10-11H,4-6,8-9H2,1-3H3,(H,19,20). The Morgan fingerprint density at radius 2 is 2.20 bits per heavy atom. The van der Waals surface area contributed by atoms with Gasteiger partial charge >= 0.3 is 5.97 Å². The monoisotopic (exact) mass is 281 g/mol. The van der Waals surface area contributed by atoms with Crippen molar-refractivity contribution in [3.05, 3.63) is 18.2 Å². The molecule has 0 aromatic carbocycles. The normalized spacial score (nSPS) is 12.2. The Morgan fingerprint density at radius 1 is 1.50 bits per heavy atom. The first-order valence-electron chi connectivity index (χ1n) is 6.95. The number of carboxylic acids is 1. The van der Waals surface area contributed by atoms with Crippen molar-refractivity contribution in [2.45, 2.75) is 39.7 Å². The van der Waals surface area contributed by atoms with Crippen LogP contribution >= 0.6 is 0 Å². The first kappa shape index (κ1) is 16.2. The molecule has 1 unspecified atom stereocenters. The molecule has 20 heavy (non-hydrogen) atoms.